The lowest BCUT2D eigenvalue weighted by atomic mass is 9.87. The minimum atomic E-state index is -0.237. The molecule has 0 bridgehead atoms. The van der Waals surface area contributed by atoms with Gasteiger partial charge in [-0.2, -0.15) is 0 Å². The maximum absolute atomic E-state index is 13.5. The standard InChI is InChI=1S/C27H27Cl2N3O3/c1-17-20(13-18-5-2-3-6-19(18)16-31-9-11-35-12-10-31)14-21(33)15-23-25(17)27(34)32(30-23)24-8-4-7-22(28)26(24)29/h2-8,15,20,30H,9-14,16H2,1H3. The smallest absolute Gasteiger partial charge is 0.279 e. The summed E-state index contributed by atoms with van der Waals surface area (Å²) in [6.07, 6.45) is 2.58. The van der Waals surface area contributed by atoms with E-state index < -0.39 is 0 Å². The van der Waals surface area contributed by atoms with Crippen LogP contribution < -0.4 is 16.1 Å². The van der Waals surface area contributed by atoms with Gasteiger partial charge in [0.1, 0.15) is 0 Å². The molecule has 6 nitrogen and oxygen atoms in total. The summed E-state index contributed by atoms with van der Waals surface area (Å²) >= 11 is 12.6. The number of ketones is 1. The second-order valence-corrected chi connectivity index (χ2v) is 9.96. The highest BCUT2D eigenvalue weighted by Crippen LogP contribution is 2.28. The topological polar surface area (TPSA) is 67.3 Å². The molecule has 8 heteroatoms. The van der Waals surface area contributed by atoms with Crippen LogP contribution in [0.3, 0.4) is 0 Å². The van der Waals surface area contributed by atoms with Gasteiger partial charge in [0.2, 0.25) is 0 Å². The molecule has 1 aliphatic carbocycles. The van der Waals surface area contributed by atoms with Gasteiger partial charge in [-0.1, -0.05) is 59.1 Å². The van der Waals surface area contributed by atoms with E-state index in [2.05, 4.69) is 28.2 Å². The summed E-state index contributed by atoms with van der Waals surface area (Å²) < 4.78 is 6.86. The van der Waals surface area contributed by atoms with Crippen molar-refractivity contribution in [3.8, 4) is 5.69 Å². The highest BCUT2D eigenvalue weighted by atomic mass is 35.5. The fraction of sp³-hybridized carbons (Fsp3) is 0.333. The molecule has 1 saturated heterocycles. The number of ether oxygens (including phenoxy) is 1. The van der Waals surface area contributed by atoms with Gasteiger partial charge in [0.15, 0.2) is 5.78 Å². The largest absolute Gasteiger partial charge is 0.379 e. The Bertz CT molecular complexity index is 1450. The molecule has 182 valence electrons. The molecule has 1 fully saturated rings. The Kier molecular flexibility index (Phi) is 6.98. The first-order valence-electron chi connectivity index (χ1n) is 11.8. The highest BCUT2D eigenvalue weighted by Gasteiger charge is 2.24. The van der Waals surface area contributed by atoms with E-state index in [4.69, 9.17) is 27.9 Å². The van der Waals surface area contributed by atoms with Gasteiger partial charge in [-0.25, -0.2) is 4.68 Å². The molecule has 5 rings (SSSR count). The van der Waals surface area contributed by atoms with Crippen LogP contribution in [0.5, 0.6) is 0 Å². The minimum absolute atomic E-state index is 0.00986. The number of H-pyrrole nitrogens is 1. The summed E-state index contributed by atoms with van der Waals surface area (Å²) in [5.41, 5.74) is 3.58. The number of benzene rings is 2. The van der Waals surface area contributed by atoms with Crippen molar-refractivity contribution in [1.82, 2.24) is 14.7 Å². The lowest BCUT2D eigenvalue weighted by Crippen LogP contribution is -2.37. The van der Waals surface area contributed by atoms with Gasteiger partial charge in [-0.3, -0.25) is 19.6 Å². The third kappa shape index (κ3) is 4.89. The van der Waals surface area contributed by atoms with Crippen molar-refractivity contribution in [1.29, 1.82) is 0 Å². The monoisotopic (exact) mass is 511 g/mol. The fourth-order valence-corrected chi connectivity index (χ4v) is 5.38. The van der Waals surface area contributed by atoms with Crippen LogP contribution in [0, 0.1) is 5.92 Å². The molecule has 0 radical (unpaired) electrons. The van der Waals surface area contributed by atoms with Crippen LogP contribution >= 0.6 is 23.2 Å². The van der Waals surface area contributed by atoms with Crippen LogP contribution in [-0.2, 0) is 22.5 Å². The number of nitrogens with zero attached hydrogens (tertiary/aromatic N) is 2. The molecule has 1 N–H and O–H groups in total. The molecule has 2 aliphatic rings. The summed E-state index contributed by atoms with van der Waals surface area (Å²) in [7, 11) is 0. The van der Waals surface area contributed by atoms with Crippen molar-refractivity contribution in [3.63, 3.8) is 0 Å². The van der Waals surface area contributed by atoms with Gasteiger partial charge >= 0.3 is 0 Å². The molecule has 1 aliphatic heterocycles. The Morgan fingerprint density at radius 3 is 2.54 bits per heavy atom. The Morgan fingerprint density at radius 1 is 1.03 bits per heavy atom. The van der Waals surface area contributed by atoms with Crippen molar-refractivity contribution >= 4 is 40.6 Å². The summed E-state index contributed by atoms with van der Waals surface area (Å²) in [5, 5.41) is 4.76. The van der Waals surface area contributed by atoms with E-state index in [0.29, 0.717) is 34.1 Å². The normalized spacial score (nSPS) is 18.8. The first-order chi connectivity index (χ1) is 16.9. The highest BCUT2D eigenvalue weighted by molar-refractivity contribution is 6.43. The number of nitrogens with one attached hydrogen (secondary N) is 1. The molecule has 0 saturated carbocycles. The predicted molar refractivity (Wildman–Crippen MR) is 139 cm³/mol. The predicted octanol–water partition coefficient (Wildman–Crippen LogP) is 3.09. The molecule has 1 unspecified atom stereocenters. The Morgan fingerprint density at radius 2 is 1.77 bits per heavy atom. The lowest BCUT2D eigenvalue weighted by Gasteiger charge is -2.28. The number of hydrogen-bond donors (Lipinski definition) is 1. The summed E-state index contributed by atoms with van der Waals surface area (Å²) in [6.45, 7) is 6.13. The minimum Gasteiger partial charge on any atom is -0.379 e. The molecular formula is C27H27Cl2N3O3. The first-order valence-corrected chi connectivity index (χ1v) is 12.6. The SMILES string of the molecule is CC1=c2c([nH]n(-c3cccc(Cl)c3Cl)c2=O)=CC(=O)CC1Cc1ccccc1CN1CCOCC1. The number of carbonyl (C=O) groups excluding carboxylic acids is 1. The lowest BCUT2D eigenvalue weighted by molar-refractivity contribution is -0.113. The van der Waals surface area contributed by atoms with E-state index in [1.54, 1.807) is 18.2 Å². The van der Waals surface area contributed by atoms with Gasteiger partial charge in [0.05, 0.1) is 39.5 Å². The summed E-state index contributed by atoms with van der Waals surface area (Å²) in [5.74, 6) is -0.0954. The van der Waals surface area contributed by atoms with Gasteiger partial charge in [0, 0.05) is 32.1 Å². The number of rotatable bonds is 5. The van der Waals surface area contributed by atoms with E-state index in [1.807, 2.05) is 13.0 Å². The summed E-state index contributed by atoms with van der Waals surface area (Å²) in [6, 6.07) is 13.5. The quantitative estimate of drug-likeness (QED) is 0.571. The first kappa shape index (κ1) is 24.1. The maximum atomic E-state index is 13.5. The number of fused-ring (bicyclic) bond motifs is 1. The third-order valence-electron chi connectivity index (χ3n) is 6.93. The summed E-state index contributed by atoms with van der Waals surface area (Å²) in [4.78, 5) is 28.8. The number of hydrogen-bond acceptors (Lipinski definition) is 4. The average molecular weight is 512 g/mol. The van der Waals surface area contributed by atoms with E-state index in [0.717, 1.165) is 38.4 Å². The zero-order valence-electron chi connectivity index (χ0n) is 19.5. The number of Topliss-reactive ketones (excluding diaryl/α,β-unsaturated/α-hetero) is 1. The van der Waals surface area contributed by atoms with Crippen LogP contribution in [0.2, 0.25) is 10.0 Å². The second-order valence-electron chi connectivity index (χ2n) is 9.17. The molecule has 0 spiro atoms. The van der Waals surface area contributed by atoms with Gasteiger partial charge < -0.3 is 4.74 Å². The number of aromatic amines is 1. The molecule has 2 heterocycles. The average Bonchev–Trinajstić information content (AvgIpc) is 3.10. The van der Waals surface area contributed by atoms with Crippen molar-refractivity contribution in [2.24, 2.45) is 5.92 Å². The van der Waals surface area contributed by atoms with E-state index in [-0.39, 0.29) is 22.3 Å². The molecule has 1 atom stereocenters. The van der Waals surface area contributed by atoms with Crippen LogP contribution in [-0.4, -0.2) is 46.8 Å². The zero-order chi connectivity index (χ0) is 24.5. The second kappa shape index (κ2) is 10.2. The number of carbonyl (C=O) groups is 1. The molecular weight excluding hydrogens is 485 g/mol. The number of halogens is 2. The maximum Gasteiger partial charge on any atom is 0.279 e. The van der Waals surface area contributed by atoms with Crippen molar-refractivity contribution in [3.05, 3.63) is 84.6 Å². The molecule has 3 aromatic rings. The molecule has 0 amide bonds. The van der Waals surface area contributed by atoms with Crippen molar-refractivity contribution in [2.45, 2.75) is 26.3 Å². The van der Waals surface area contributed by atoms with E-state index >= 15 is 0 Å². The Labute approximate surface area is 213 Å². The molecule has 35 heavy (non-hydrogen) atoms. The van der Waals surface area contributed by atoms with Gasteiger partial charge in [-0.15, -0.1) is 0 Å². The van der Waals surface area contributed by atoms with Crippen LogP contribution in [0.1, 0.15) is 24.5 Å². The van der Waals surface area contributed by atoms with E-state index in [9.17, 15) is 9.59 Å². The molecule has 1 aromatic heterocycles. The van der Waals surface area contributed by atoms with Gasteiger partial charge in [0.25, 0.3) is 5.56 Å². The van der Waals surface area contributed by atoms with Crippen LogP contribution in [0.25, 0.3) is 17.3 Å². The van der Waals surface area contributed by atoms with E-state index in [1.165, 1.54) is 21.9 Å². The Balaban J connectivity index is 1.54. The van der Waals surface area contributed by atoms with Crippen molar-refractivity contribution in [2.75, 3.05) is 26.3 Å². The third-order valence-corrected chi connectivity index (χ3v) is 7.74. The van der Waals surface area contributed by atoms with Gasteiger partial charge in [-0.05, 0) is 42.5 Å². The van der Waals surface area contributed by atoms with Crippen LogP contribution in [0.4, 0.5) is 0 Å². The number of morpholine rings is 1. The fourth-order valence-electron chi connectivity index (χ4n) is 5.00. The van der Waals surface area contributed by atoms with Crippen LogP contribution in [0.15, 0.2) is 47.3 Å². The molecule has 2 aromatic carbocycles. The zero-order valence-corrected chi connectivity index (χ0v) is 21.0. The van der Waals surface area contributed by atoms with Crippen molar-refractivity contribution < 1.29 is 9.53 Å². The Hall–Kier alpha value is -2.64. The number of aromatic nitrogens is 2.